The Hall–Kier alpha value is -2.50. The van der Waals surface area contributed by atoms with E-state index < -0.39 is 4.92 Å². The Morgan fingerprint density at radius 1 is 1.00 bits per heavy atom. The van der Waals surface area contributed by atoms with Gasteiger partial charge in [0.1, 0.15) is 0 Å². The van der Waals surface area contributed by atoms with Crippen LogP contribution in [0.5, 0.6) is 0 Å². The number of likely N-dealkylation sites (tertiary alicyclic amines) is 1. The third kappa shape index (κ3) is 1.71. The van der Waals surface area contributed by atoms with E-state index in [9.17, 15) is 19.7 Å². The first-order valence-corrected chi connectivity index (χ1v) is 8.33. The highest BCUT2D eigenvalue weighted by molar-refractivity contribution is 6.06. The van der Waals surface area contributed by atoms with Crippen molar-refractivity contribution in [2.75, 3.05) is 0 Å². The van der Waals surface area contributed by atoms with Crippen LogP contribution in [0.2, 0.25) is 0 Å². The van der Waals surface area contributed by atoms with Gasteiger partial charge in [-0.25, -0.2) is 0 Å². The summed E-state index contributed by atoms with van der Waals surface area (Å²) in [5.41, 5.74) is 0.750. The van der Waals surface area contributed by atoms with Crippen molar-refractivity contribution in [1.82, 2.24) is 4.90 Å². The van der Waals surface area contributed by atoms with Crippen molar-refractivity contribution in [1.29, 1.82) is 0 Å². The maximum atomic E-state index is 12.8. The van der Waals surface area contributed by atoms with Crippen molar-refractivity contribution < 1.29 is 14.5 Å². The molecule has 1 aliphatic heterocycles. The fourth-order valence-corrected chi connectivity index (χ4v) is 5.08. The molecule has 1 aromatic rings. The molecule has 122 valence electrons. The number of nitro benzene ring substituents is 1. The van der Waals surface area contributed by atoms with Gasteiger partial charge in [0, 0.05) is 12.1 Å². The van der Waals surface area contributed by atoms with E-state index in [4.69, 9.17) is 0 Å². The molecule has 6 heteroatoms. The van der Waals surface area contributed by atoms with E-state index in [0.29, 0.717) is 11.8 Å². The van der Waals surface area contributed by atoms with E-state index in [1.165, 1.54) is 17.0 Å². The molecule has 2 amide bonds. The molecule has 1 saturated heterocycles. The summed E-state index contributed by atoms with van der Waals surface area (Å²) < 4.78 is 0. The normalized spacial score (nSPS) is 38.2. The third-order valence-corrected chi connectivity index (χ3v) is 6.24. The first kappa shape index (κ1) is 13.9. The van der Waals surface area contributed by atoms with Crippen molar-refractivity contribution in [2.45, 2.75) is 13.0 Å². The monoisotopic (exact) mass is 324 g/mol. The fraction of sp³-hybridized carbons (Fsp3) is 0.444. The maximum Gasteiger partial charge on any atom is 0.269 e. The first-order chi connectivity index (χ1) is 11.6. The highest BCUT2D eigenvalue weighted by atomic mass is 16.6. The van der Waals surface area contributed by atoms with Gasteiger partial charge in [-0.15, -0.1) is 0 Å². The molecule has 6 nitrogen and oxygen atoms in total. The van der Waals surface area contributed by atoms with Gasteiger partial charge in [-0.1, -0.05) is 24.3 Å². The molecule has 5 aliphatic rings. The summed E-state index contributed by atoms with van der Waals surface area (Å²) in [5.74, 6) is 1.14. The van der Waals surface area contributed by atoms with E-state index in [1.807, 2.05) is 0 Å². The molecule has 24 heavy (non-hydrogen) atoms. The first-order valence-electron chi connectivity index (χ1n) is 8.33. The Bertz CT molecular complexity index is 764. The lowest BCUT2D eigenvalue weighted by molar-refractivity contribution is -0.384. The third-order valence-electron chi connectivity index (χ3n) is 6.24. The van der Waals surface area contributed by atoms with Gasteiger partial charge < -0.3 is 0 Å². The Kier molecular flexibility index (Phi) is 2.62. The van der Waals surface area contributed by atoms with Crippen LogP contribution in [0.25, 0.3) is 0 Å². The Labute approximate surface area is 138 Å². The summed E-state index contributed by atoms with van der Waals surface area (Å²) in [4.78, 5) is 37.3. The largest absolute Gasteiger partial charge is 0.278 e. The number of nitro groups is 1. The Balaban J connectivity index is 1.41. The number of hydrogen-bond acceptors (Lipinski definition) is 4. The van der Waals surface area contributed by atoms with Crippen molar-refractivity contribution in [3.63, 3.8) is 0 Å². The second-order valence-electron chi connectivity index (χ2n) is 7.34. The van der Waals surface area contributed by atoms with E-state index in [2.05, 4.69) is 12.2 Å². The van der Waals surface area contributed by atoms with Crippen molar-refractivity contribution >= 4 is 17.5 Å². The summed E-state index contributed by atoms with van der Waals surface area (Å²) in [5, 5.41) is 10.7. The molecule has 1 heterocycles. The van der Waals surface area contributed by atoms with E-state index in [0.717, 1.165) is 12.0 Å². The summed E-state index contributed by atoms with van der Waals surface area (Å²) in [7, 11) is 0. The highest BCUT2D eigenvalue weighted by Crippen LogP contribution is 2.65. The number of amides is 2. The molecule has 2 saturated carbocycles. The predicted molar refractivity (Wildman–Crippen MR) is 83.4 cm³/mol. The van der Waals surface area contributed by atoms with Crippen LogP contribution in [-0.4, -0.2) is 21.6 Å². The lowest BCUT2D eigenvalue weighted by Gasteiger charge is -2.37. The lowest BCUT2D eigenvalue weighted by atomic mass is 9.63. The minimum Gasteiger partial charge on any atom is -0.278 e. The molecule has 3 fully saturated rings. The molecule has 0 unspecified atom stereocenters. The summed E-state index contributed by atoms with van der Waals surface area (Å²) >= 11 is 0. The number of hydrogen-bond donors (Lipinski definition) is 0. The van der Waals surface area contributed by atoms with Crippen LogP contribution < -0.4 is 0 Å². The van der Waals surface area contributed by atoms with E-state index in [-0.39, 0.29) is 47.7 Å². The van der Waals surface area contributed by atoms with Crippen molar-refractivity contribution in [2.24, 2.45) is 35.5 Å². The average Bonchev–Trinajstić information content (AvgIpc) is 3.36. The number of non-ortho nitro benzene ring substituents is 1. The maximum absolute atomic E-state index is 12.8. The molecule has 4 aliphatic carbocycles. The number of benzene rings is 1. The van der Waals surface area contributed by atoms with Crippen LogP contribution in [-0.2, 0) is 16.1 Å². The Morgan fingerprint density at radius 3 is 2.04 bits per heavy atom. The van der Waals surface area contributed by atoms with Crippen molar-refractivity contribution in [3.05, 3.63) is 52.1 Å². The topological polar surface area (TPSA) is 80.5 Å². The minimum absolute atomic E-state index is 0.00817. The smallest absolute Gasteiger partial charge is 0.269 e. The number of imide groups is 1. The molecule has 0 N–H and O–H groups in total. The van der Waals surface area contributed by atoms with Gasteiger partial charge in [0.2, 0.25) is 11.8 Å². The van der Waals surface area contributed by atoms with Gasteiger partial charge in [-0.2, -0.15) is 0 Å². The fourth-order valence-electron chi connectivity index (χ4n) is 5.08. The number of allylic oxidation sites excluding steroid dienone is 2. The van der Waals surface area contributed by atoms with Gasteiger partial charge >= 0.3 is 0 Å². The van der Waals surface area contributed by atoms with Gasteiger partial charge in [-0.3, -0.25) is 24.6 Å². The minimum atomic E-state index is -0.458. The van der Waals surface area contributed by atoms with Crippen molar-refractivity contribution in [3.8, 4) is 0 Å². The molecule has 6 rings (SSSR count). The zero-order valence-corrected chi connectivity index (χ0v) is 12.9. The SMILES string of the molecule is O=C1[C@@H]2[C@H]3C=C[C@@H]([C@@H]4C[C@@H]34)[C@H]2C(=O)N1Cc1ccc([N+](=O)[O-])cc1. The predicted octanol–water partition coefficient (Wildman–Crippen LogP) is 2.15. The van der Waals surface area contributed by atoms with E-state index >= 15 is 0 Å². The van der Waals surface area contributed by atoms with Crippen LogP contribution >= 0.6 is 0 Å². The zero-order valence-electron chi connectivity index (χ0n) is 12.9. The van der Waals surface area contributed by atoms with Gasteiger partial charge in [-0.05, 0) is 35.7 Å². The summed E-state index contributed by atoms with van der Waals surface area (Å²) in [6.07, 6.45) is 5.46. The summed E-state index contributed by atoms with van der Waals surface area (Å²) in [6.45, 7) is 0.206. The molecular weight excluding hydrogens is 308 g/mol. The second-order valence-corrected chi connectivity index (χ2v) is 7.34. The number of rotatable bonds is 3. The molecule has 0 spiro atoms. The molecule has 1 aromatic carbocycles. The van der Waals surface area contributed by atoms with Crippen LogP contribution in [0.3, 0.4) is 0 Å². The number of carbonyl (C=O) groups is 2. The quantitative estimate of drug-likeness (QED) is 0.369. The highest BCUT2D eigenvalue weighted by Gasteiger charge is 2.66. The van der Waals surface area contributed by atoms with Gasteiger partial charge in [0.05, 0.1) is 23.3 Å². The summed E-state index contributed by atoms with van der Waals surface area (Å²) in [6, 6.07) is 6.05. The Morgan fingerprint density at radius 2 is 1.54 bits per heavy atom. The van der Waals surface area contributed by atoms with Crippen LogP contribution in [0.15, 0.2) is 36.4 Å². The lowest BCUT2D eigenvalue weighted by Crippen LogP contribution is -2.40. The molecule has 6 atom stereocenters. The molecule has 0 radical (unpaired) electrons. The molecule has 2 bridgehead atoms. The number of carbonyl (C=O) groups excluding carboxylic acids is 2. The van der Waals surface area contributed by atoms with Crippen LogP contribution in [0.1, 0.15) is 12.0 Å². The average molecular weight is 324 g/mol. The molecular formula is C18H16N2O4. The van der Waals surface area contributed by atoms with Gasteiger partial charge in [0.15, 0.2) is 0 Å². The second kappa shape index (κ2) is 4.53. The zero-order chi connectivity index (χ0) is 16.6. The molecule has 0 aromatic heterocycles. The standard InChI is InChI=1S/C18H16N2O4/c21-17-15-11-5-6-12(14-7-13(11)14)16(15)18(22)19(17)8-9-1-3-10(4-2-9)20(23)24/h1-6,11-16H,7-8H2/t11-,12-,13-,14-,15+,16+/m0/s1. The van der Waals surface area contributed by atoms with E-state index in [1.54, 1.807) is 12.1 Å². The van der Waals surface area contributed by atoms with Crippen LogP contribution in [0.4, 0.5) is 5.69 Å². The van der Waals surface area contributed by atoms with Crippen LogP contribution in [0, 0.1) is 45.6 Å². The number of nitrogens with zero attached hydrogens (tertiary/aromatic N) is 2. The van der Waals surface area contributed by atoms with Gasteiger partial charge in [0.25, 0.3) is 5.69 Å².